The molecule has 0 aliphatic heterocycles. The monoisotopic (exact) mass is 525 g/mol. The van der Waals surface area contributed by atoms with Gasteiger partial charge in [-0.25, -0.2) is 4.39 Å². The molecule has 0 aliphatic rings. The first-order valence-electron chi connectivity index (χ1n) is 10.8. The van der Waals surface area contributed by atoms with E-state index in [2.05, 4.69) is 5.32 Å². The molecule has 0 aliphatic carbocycles. The molecule has 4 nitrogen and oxygen atoms in total. The molecule has 35 heavy (non-hydrogen) atoms. The lowest BCUT2D eigenvalue weighted by Crippen LogP contribution is -2.13. The van der Waals surface area contributed by atoms with Crippen LogP contribution >= 0.6 is 22.9 Å². The zero-order chi connectivity index (χ0) is 24.9. The molecule has 0 bridgehead atoms. The van der Waals surface area contributed by atoms with Gasteiger partial charge in [0.25, 0.3) is 0 Å². The highest BCUT2D eigenvalue weighted by Gasteiger charge is 2.22. The summed E-state index contributed by atoms with van der Waals surface area (Å²) in [7, 11) is -1.05. The maximum Gasteiger partial charge on any atom is 0.229 e. The van der Waals surface area contributed by atoms with Gasteiger partial charge in [0, 0.05) is 21.8 Å². The lowest BCUT2D eigenvalue weighted by Gasteiger charge is -2.05. The zero-order valence-electron chi connectivity index (χ0n) is 18.7. The summed E-state index contributed by atoms with van der Waals surface area (Å²) in [5.74, 6) is -0.470. The van der Waals surface area contributed by atoms with E-state index in [-0.39, 0.29) is 18.1 Å². The summed E-state index contributed by atoms with van der Waals surface area (Å²) in [6.07, 6.45) is 0.111. The predicted molar refractivity (Wildman–Crippen MR) is 140 cm³/mol. The number of thiophene rings is 1. The molecular weight excluding hydrogens is 505 g/mol. The summed E-state index contributed by atoms with van der Waals surface area (Å²) in [6.45, 7) is 1.85. The van der Waals surface area contributed by atoms with E-state index in [0.29, 0.717) is 37.3 Å². The lowest BCUT2D eigenvalue weighted by molar-refractivity contribution is -0.115. The Morgan fingerprint density at radius 2 is 1.74 bits per heavy atom. The topological polar surface area (TPSA) is 63.2 Å². The van der Waals surface area contributed by atoms with Gasteiger partial charge < -0.3 is 5.32 Å². The van der Waals surface area contributed by atoms with Crippen LogP contribution in [0, 0.1) is 5.82 Å². The van der Waals surface area contributed by atoms with Crippen molar-refractivity contribution >= 4 is 50.4 Å². The fourth-order valence-corrected chi connectivity index (χ4v) is 5.60. The largest absolute Gasteiger partial charge is 0.317 e. The molecule has 0 fully saturated rings. The number of ketones is 1. The van der Waals surface area contributed by atoms with Crippen LogP contribution in [0.5, 0.6) is 0 Å². The van der Waals surface area contributed by atoms with Crippen LogP contribution in [0.25, 0.3) is 11.1 Å². The summed E-state index contributed by atoms with van der Waals surface area (Å²) in [4.78, 5) is 27.1. The molecule has 0 radical (unpaired) electrons. The van der Waals surface area contributed by atoms with Crippen molar-refractivity contribution < 1.29 is 18.2 Å². The average Bonchev–Trinajstić information content (AvgIpc) is 3.27. The van der Waals surface area contributed by atoms with E-state index in [1.165, 1.54) is 12.1 Å². The minimum Gasteiger partial charge on any atom is -0.317 e. The third-order valence-corrected chi connectivity index (χ3v) is 7.97. The summed E-state index contributed by atoms with van der Waals surface area (Å²) < 4.78 is 25.9. The number of halogens is 2. The van der Waals surface area contributed by atoms with Crippen LogP contribution in [0.2, 0.25) is 5.02 Å². The van der Waals surface area contributed by atoms with Gasteiger partial charge in [-0.15, -0.1) is 11.3 Å². The molecule has 8 heteroatoms. The van der Waals surface area contributed by atoms with E-state index in [4.69, 9.17) is 11.6 Å². The van der Waals surface area contributed by atoms with Gasteiger partial charge in [0.2, 0.25) is 11.7 Å². The number of amides is 1. The maximum atomic E-state index is 13.9. The Morgan fingerprint density at radius 1 is 1.00 bits per heavy atom. The minimum absolute atomic E-state index is 0.111. The van der Waals surface area contributed by atoms with Crippen molar-refractivity contribution in [3.63, 3.8) is 0 Å². The molecule has 1 unspecified atom stereocenters. The third-order valence-electron chi connectivity index (χ3n) is 5.27. The molecule has 1 N–H and O–H groups in total. The minimum atomic E-state index is -1.05. The quantitative estimate of drug-likeness (QED) is 0.259. The third kappa shape index (κ3) is 5.93. The molecule has 1 heterocycles. The van der Waals surface area contributed by atoms with Crippen molar-refractivity contribution in [2.45, 2.75) is 18.2 Å². The van der Waals surface area contributed by atoms with Crippen LogP contribution < -0.4 is 5.32 Å². The fraction of sp³-hybridized carbons (Fsp3) is 0.111. The number of carbonyl (C=O) groups is 2. The first kappa shape index (κ1) is 25.0. The van der Waals surface area contributed by atoms with E-state index in [9.17, 15) is 18.2 Å². The molecular formula is C27H21ClFNO3S2. The fourth-order valence-electron chi connectivity index (χ4n) is 3.55. The Bertz CT molecular complexity index is 1420. The van der Waals surface area contributed by atoms with Gasteiger partial charge in [-0.2, -0.15) is 0 Å². The SMILES string of the molecule is CCS(=O)c1ccc(CC(=O)Nc2cc(-c3cccc(F)c3)c(C(=O)c3ccccc3Cl)s2)cc1. The molecule has 4 aromatic rings. The van der Waals surface area contributed by atoms with Crippen LogP contribution in [0.1, 0.15) is 27.7 Å². The second-order valence-electron chi connectivity index (χ2n) is 7.68. The summed E-state index contributed by atoms with van der Waals surface area (Å²) in [6, 6.07) is 21.4. The molecule has 1 amide bonds. The number of rotatable bonds is 8. The Balaban J connectivity index is 1.61. The number of hydrogen-bond donors (Lipinski definition) is 1. The van der Waals surface area contributed by atoms with Crippen molar-refractivity contribution in [2.24, 2.45) is 0 Å². The predicted octanol–water partition coefficient (Wildman–Crippen LogP) is 6.75. The van der Waals surface area contributed by atoms with Gasteiger partial charge in [0.1, 0.15) is 5.82 Å². The van der Waals surface area contributed by atoms with E-state index in [1.54, 1.807) is 66.7 Å². The molecule has 1 atom stereocenters. The molecule has 0 saturated carbocycles. The number of carbonyl (C=O) groups excluding carboxylic acids is 2. The Hall–Kier alpha value is -3.13. The van der Waals surface area contributed by atoms with Crippen molar-refractivity contribution in [3.8, 4) is 11.1 Å². The van der Waals surface area contributed by atoms with E-state index >= 15 is 0 Å². The zero-order valence-corrected chi connectivity index (χ0v) is 21.1. The van der Waals surface area contributed by atoms with Crippen molar-refractivity contribution in [1.29, 1.82) is 0 Å². The van der Waals surface area contributed by atoms with Gasteiger partial charge >= 0.3 is 0 Å². The van der Waals surface area contributed by atoms with Crippen molar-refractivity contribution in [2.75, 3.05) is 11.1 Å². The van der Waals surface area contributed by atoms with Crippen LogP contribution in [-0.2, 0) is 22.0 Å². The standard InChI is InChI=1S/C27H21ClFNO3S2/c1-2-35(33)20-12-10-17(11-13-20)14-24(31)30-25-16-22(18-6-5-7-19(29)15-18)27(34-25)26(32)21-8-3-4-9-23(21)28/h3-13,15-16H,2,14H2,1H3,(H,30,31). The Kier molecular flexibility index (Phi) is 7.90. The highest BCUT2D eigenvalue weighted by atomic mass is 35.5. The van der Waals surface area contributed by atoms with Gasteiger partial charge in [-0.05, 0) is 53.6 Å². The first-order chi connectivity index (χ1) is 16.9. The van der Waals surface area contributed by atoms with E-state index in [0.717, 1.165) is 21.8 Å². The van der Waals surface area contributed by atoms with Crippen LogP contribution in [0.3, 0.4) is 0 Å². The molecule has 3 aromatic carbocycles. The van der Waals surface area contributed by atoms with Gasteiger partial charge in [0.15, 0.2) is 0 Å². The first-order valence-corrected chi connectivity index (χ1v) is 13.3. The van der Waals surface area contributed by atoms with Gasteiger partial charge in [-0.3, -0.25) is 13.8 Å². The molecule has 0 spiro atoms. The van der Waals surface area contributed by atoms with Crippen LogP contribution in [-0.4, -0.2) is 21.7 Å². The second kappa shape index (κ2) is 11.1. The molecule has 4 rings (SSSR count). The van der Waals surface area contributed by atoms with E-state index in [1.807, 2.05) is 6.92 Å². The molecule has 178 valence electrons. The smallest absolute Gasteiger partial charge is 0.229 e. The number of benzene rings is 3. The van der Waals surface area contributed by atoms with Crippen LogP contribution in [0.15, 0.2) is 83.8 Å². The Morgan fingerprint density at radius 3 is 2.43 bits per heavy atom. The normalized spacial score (nSPS) is 11.7. The lowest BCUT2D eigenvalue weighted by atomic mass is 10.0. The van der Waals surface area contributed by atoms with E-state index < -0.39 is 16.6 Å². The summed E-state index contributed by atoms with van der Waals surface area (Å²) >= 11 is 7.37. The summed E-state index contributed by atoms with van der Waals surface area (Å²) in [5.41, 5.74) is 2.14. The number of nitrogens with one attached hydrogen (secondary N) is 1. The average molecular weight is 526 g/mol. The number of hydrogen-bond acceptors (Lipinski definition) is 4. The Labute approximate surface area is 214 Å². The van der Waals surface area contributed by atoms with Crippen molar-refractivity contribution in [3.05, 3.63) is 106 Å². The van der Waals surface area contributed by atoms with Gasteiger partial charge in [-0.1, -0.05) is 54.9 Å². The summed E-state index contributed by atoms with van der Waals surface area (Å²) in [5, 5.41) is 3.63. The molecule has 1 aromatic heterocycles. The highest BCUT2D eigenvalue weighted by molar-refractivity contribution is 7.85. The highest BCUT2D eigenvalue weighted by Crippen LogP contribution is 2.37. The molecule has 0 saturated heterocycles. The van der Waals surface area contributed by atoms with Gasteiger partial charge in [0.05, 0.1) is 32.1 Å². The van der Waals surface area contributed by atoms with Crippen LogP contribution in [0.4, 0.5) is 9.39 Å². The maximum absolute atomic E-state index is 13.9. The van der Waals surface area contributed by atoms with Crippen molar-refractivity contribution in [1.82, 2.24) is 0 Å². The number of anilines is 1. The second-order valence-corrected chi connectivity index (χ2v) is 10.9.